The molecule has 28 heavy (non-hydrogen) atoms. The van der Waals surface area contributed by atoms with E-state index in [-0.39, 0.29) is 23.2 Å². The van der Waals surface area contributed by atoms with Gasteiger partial charge in [0.25, 0.3) is 0 Å². The Balaban J connectivity index is 1.44. The number of amides is 1. The number of hydrogen-bond acceptors (Lipinski definition) is 6. The predicted octanol–water partition coefficient (Wildman–Crippen LogP) is 3.29. The van der Waals surface area contributed by atoms with Crippen molar-refractivity contribution in [3.8, 4) is 6.07 Å². The lowest BCUT2D eigenvalue weighted by atomic mass is 10.0. The summed E-state index contributed by atoms with van der Waals surface area (Å²) >= 11 is 0. The normalized spacial score (nSPS) is 22.5. The van der Waals surface area contributed by atoms with Gasteiger partial charge in [-0.2, -0.15) is 10.4 Å². The van der Waals surface area contributed by atoms with Crippen molar-refractivity contribution in [3.63, 3.8) is 0 Å². The van der Waals surface area contributed by atoms with Gasteiger partial charge in [-0.1, -0.05) is 0 Å². The molecule has 146 valence electrons. The highest BCUT2D eigenvalue weighted by molar-refractivity contribution is 5.67. The molecular weight excluding hydrogens is 358 g/mol. The van der Waals surface area contributed by atoms with Crippen molar-refractivity contribution in [1.29, 1.82) is 5.26 Å². The van der Waals surface area contributed by atoms with Gasteiger partial charge in [-0.3, -0.25) is 10.00 Å². The molecule has 2 heterocycles. The van der Waals surface area contributed by atoms with E-state index in [4.69, 9.17) is 5.26 Å². The van der Waals surface area contributed by atoms with E-state index >= 15 is 0 Å². The van der Waals surface area contributed by atoms with Crippen LogP contribution >= 0.6 is 0 Å². The number of aromatic amines is 1. The van der Waals surface area contributed by atoms with Gasteiger partial charge in [-0.05, 0) is 46.0 Å². The van der Waals surface area contributed by atoms with Crippen molar-refractivity contribution < 1.29 is 9.90 Å². The highest BCUT2D eigenvalue weighted by Crippen LogP contribution is 2.47. The Morgan fingerprint density at radius 2 is 2.25 bits per heavy atom. The minimum atomic E-state index is -0.813. The third-order valence-electron chi connectivity index (χ3n) is 5.88. The molecule has 3 N–H and O–H groups in total. The minimum absolute atomic E-state index is 0.0568. The Hall–Kier alpha value is -3.15. The van der Waals surface area contributed by atoms with Crippen LogP contribution in [-0.2, 0) is 0 Å². The molecule has 0 aliphatic heterocycles. The number of aryl methyl sites for hydroxylation is 1. The van der Waals surface area contributed by atoms with Gasteiger partial charge in [-0.15, -0.1) is 0 Å². The van der Waals surface area contributed by atoms with Gasteiger partial charge in [0.2, 0.25) is 0 Å². The summed E-state index contributed by atoms with van der Waals surface area (Å²) in [6.45, 7) is 3.82. The van der Waals surface area contributed by atoms with E-state index in [2.05, 4.69) is 25.5 Å². The van der Waals surface area contributed by atoms with Crippen LogP contribution in [0.4, 0.5) is 16.4 Å². The summed E-state index contributed by atoms with van der Waals surface area (Å²) in [6, 6.07) is 3.96. The highest BCUT2D eigenvalue weighted by Gasteiger charge is 2.50. The Bertz CT molecular complexity index is 944. The third-order valence-corrected chi connectivity index (χ3v) is 5.88. The molecule has 0 radical (unpaired) electrons. The third kappa shape index (κ3) is 3.38. The molecular formula is C19H23N7O2. The number of hydrogen-bond donors (Lipinski definition) is 3. The second kappa shape index (κ2) is 6.78. The van der Waals surface area contributed by atoms with Gasteiger partial charge in [0, 0.05) is 29.3 Å². The molecule has 2 atom stereocenters. The van der Waals surface area contributed by atoms with Crippen LogP contribution in [0.3, 0.4) is 0 Å². The highest BCUT2D eigenvalue weighted by atomic mass is 16.4. The predicted molar refractivity (Wildman–Crippen MR) is 101 cm³/mol. The lowest BCUT2D eigenvalue weighted by molar-refractivity contribution is 0.0955. The second-order valence-corrected chi connectivity index (χ2v) is 7.95. The molecule has 0 bridgehead atoms. The van der Waals surface area contributed by atoms with Gasteiger partial charge < -0.3 is 10.4 Å². The van der Waals surface area contributed by atoms with Gasteiger partial charge >= 0.3 is 6.09 Å². The van der Waals surface area contributed by atoms with Crippen LogP contribution in [0.1, 0.15) is 62.0 Å². The topological polar surface area (TPSA) is 131 Å². The van der Waals surface area contributed by atoms with Crippen molar-refractivity contribution in [1.82, 2.24) is 25.1 Å². The minimum Gasteiger partial charge on any atom is -0.465 e. The van der Waals surface area contributed by atoms with Crippen molar-refractivity contribution in [2.45, 2.75) is 63.5 Å². The number of carbonyl (C=O) groups is 1. The fourth-order valence-electron chi connectivity index (χ4n) is 4.11. The Kier molecular flexibility index (Phi) is 4.41. The molecule has 1 amide bonds. The average molecular weight is 381 g/mol. The van der Waals surface area contributed by atoms with Crippen LogP contribution in [0.25, 0.3) is 0 Å². The van der Waals surface area contributed by atoms with Crippen molar-refractivity contribution >= 4 is 17.7 Å². The lowest BCUT2D eigenvalue weighted by Crippen LogP contribution is -2.45. The van der Waals surface area contributed by atoms with E-state index in [1.165, 1.54) is 6.20 Å². The molecule has 9 heteroatoms. The molecule has 2 fully saturated rings. The molecule has 0 spiro atoms. The molecule has 0 aromatic carbocycles. The van der Waals surface area contributed by atoms with E-state index < -0.39 is 6.09 Å². The number of nitrogens with zero attached hydrogens (tertiary/aromatic N) is 5. The summed E-state index contributed by atoms with van der Waals surface area (Å²) < 4.78 is 0. The number of H-pyrrole nitrogens is 1. The maximum Gasteiger partial charge on any atom is 0.408 e. The Morgan fingerprint density at radius 3 is 2.89 bits per heavy atom. The smallest absolute Gasteiger partial charge is 0.408 e. The molecule has 2 aromatic heterocycles. The SMILES string of the molecule is Cc1nc(C#N)cnc1Nc1cc([C@H]2CC[C@@H](N(C(=O)O)C3(C)CC3)C2)[nH]n1. The fourth-order valence-corrected chi connectivity index (χ4v) is 4.11. The molecule has 2 aliphatic rings. The largest absolute Gasteiger partial charge is 0.465 e. The molecule has 2 aromatic rings. The summed E-state index contributed by atoms with van der Waals surface area (Å²) in [5.74, 6) is 1.44. The summed E-state index contributed by atoms with van der Waals surface area (Å²) in [4.78, 5) is 21.8. The molecule has 0 saturated heterocycles. The Morgan fingerprint density at radius 1 is 1.46 bits per heavy atom. The number of anilines is 2. The first kappa shape index (κ1) is 18.2. The van der Waals surface area contributed by atoms with E-state index in [1.54, 1.807) is 11.8 Å². The van der Waals surface area contributed by atoms with Crippen LogP contribution in [0.2, 0.25) is 0 Å². The number of nitrogens with one attached hydrogen (secondary N) is 2. The van der Waals surface area contributed by atoms with Crippen LogP contribution in [0.5, 0.6) is 0 Å². The summed E-state index contributed by atoms with van der Waals surface area (Å²) in [5.41, 5.74) is 1.71. The summed E-state index contributed by atoms with van der Waals surface area (Å²) in [5, 5.41) is 29.1. The van der Waals surface area contributed by atoms with Crippen molar-refractivity contribution in [2.75, 3.05) is 5.32 Å². The summed E-state index contributed by atoms with van der Waals surface area (Å²) in [7, 11) is 0. The van der Waals surface area contributed by atoms with Crippen molar-refractivity contribution in [3.05, 3.63) is 29.3 Å². The maximum atomic E-state index is 11.8. The maximum absolute atomic E-state index is 11.8. The van der Waals surface area contributed by atoms with Gasteiger partial charge in [-0.25, -0.2) is 14.8 Å². The first-order chi connectivity index (χ1) is 13.4. The van der Waals surface area contributed by atoms with Gasteiger partial charge in [0.15, 0.2) is 17.3 Å². The molecule has 2 saturated carbocycles. The first-order valence-electron chi connectivity index (χ1n) is 9.48. The number of aromatic nitrogens is 4. The first-order valence-corrected chi connectivity index (χ1v) is 9.48. The summed E-state index contributed by atoms with van der Waals surface area (Å²) in [6.07, 6.45) is 5.11. The molecule has 0 unspecified atom stereocenters. The Labute approximate surface area is 162 Å². The van der Waals surface area contributed by atoms with E-state index in [0.717, 1.165) is 37.8 Å². The zero-order valence-electron chi connectivity index (χ0n) is 15.9. The zero-order chi connectivity index (χ0) is 19.9. The van der Waals surface area contributed by atoms with Crippen LogP contribution in [-0.4, -0.2) is 47.8 Å². The molecule has 4 rings (SSSR count). The van der Waals surface area contributed by atoms with Crippen LogP contribution in [0.15, 0.2) is 12.3 Å². The van der Waals surface area contributed by atoms with Crippen LogP contribution in [0, 0.1) is 18.3 Å². The number of rotatable bonds is 5. The van der Waals surface area contributed by atoms with Gasteiger partial charge in [0.1, 0.15) is 6.07 Å². The fraction of sp³-hybridized carbons (Fsp3) is 0.526. The second-order valence-electron chi connectivity index (χ2n) is 7.95. The monoisotopic (exact) mass is 381 g/mol. The van der Waals surface area contributed by atoms with Crippen LogP contribution < -0.4 is 5.32 Å². The average Bonchev–Trinajstić information content (AvgIpc) is 3.06. The molecule has 9 nitrogen and oxygen atoms in total. The number of carboxylic acid groups (broad SMARTS) is 1. The van der Waals surface area contributed by atoms with Crippen molar-refractivity contribution in [2.24, 2.45) is 0 Å². The standard InChI is InChI=1S/C19H23N7O2/c1-11-17(21-10-13(9-20)22-11)23-16-8-15(24-25-16)12-3-4-14(7-12)26(18(27)28)19(2)5-6-19/h8,10,12,14H,3-7H2,1-2H3,(H,27,28)(H2,21,23,24,25)/t12-,14+/m0/s1. The van der Waals surface area contributed by atoms with E-state index in [1.807, 2.05) is 19.1 Å². The van der Waals surface area contributed by atoms with E-state index in [9.17, 15) is 9.90 Å². The number of nitriles is 1. The van der Waals surface area contributed by atoms with E-state index in [0.29, 0.717) is 17.3 Å². The quantitative estimate of drug-likeness (QED) is 0.724. The molecule has 2 aliphatic carbocycles. The van der Waals surface area contributed by atoms with Gasteiger partial charge in [0.05, 0.1) is 11.9 Å². The lowest BCUT2D eigenvalue weighted by Gasteiger charge is -2.32. The zero-order valence-corrected chi connectivity index (χ0v) is 15.9.